The van der Waals surface area contributed by atoms with Crippen molar-refractivity contribution in [3.8, 4) is 0 Å². The molecule has 0 saturated carbocycles. The molecule has 0 bridgehead atoms. The summed E-state index contributed by atoms with van der Waals surface area (Å²) in [6.45, 7) is 7.35. The third kappa shape index (κ3) is 10.9. The molecule has 16 heteroatoms. The molecule has 2 unspecified atom stereocenters. The second kappa shape index (κ2) is 16.6. The Kier molecular flexibility index (Phi) is 14.9. The summed E-state index contributed by atoms with van der Waals surface area (Å²) < 4.78 is 72.3. The summed E-state index contributed by atoms with van der Waals surface area (Å²) in [7, 11) is -10.1. The molecular weight excluding hydrogens is 658 g/mol. The predicted molar refractivity (Wildman–Crippen MR) is 171 cm³/mol. The van der Waals surface area contributed by atoms with Crippen LogP contribution in [0.4, 0.5) is 0 Å². The Hall–Kier alpha value is -2.46. The molecule has 0 aromatic heterocycles. The second-order valence-electron chi connectivity index (χ2n) is 9.38. The Bertz CT molecular complexity index is 1670. The average molecular weight is 696 g/mol. The number of rotatable bonds is 12. The molecule has 2 atom stereocenters. The van der Waals surface area contributed by atoms with E-state index in [-0.39, 0.29) is 30.7 Å². The zero-order valence-corrected chi connectivity index (χ0v) is 29.0. The number of aryl methyl sites for hydroxylation is 2. The van der Waals surface area contributed by atoms with Crippen molar-refractivity contribution in [1.82, 2.24) is 0 Å². The van der Waals surface area contributed by atoms with E-state index in [2.05, 4.69) is 4.99 Å². The average Bonchev–Trinajstić information content (AvgIpc) is 2.90. The fourth-order valence-electron chi connectivity index (χ4n) is 3.87. The van der Waals surface area contributed by atoms with Crippen LogP contribution >= 0.6 is 11.6 Å². The summed E-state index contributed by atoms with van der Waals surface area (Å²) in [6.07, 6.45) is 4.31. The molecule has 43 heavy (non-hydrogen) atoms. The number of aliphatic imine (C=N–C) groups is 1. The molecule has 1 amide bonds. The number of amides is 1. The first-order valence-corrected chi connectivity index (χ1v) is 20.0. The van der Waals surface area contributed by atoms with Crippen molar-refractivity contribution in [1.29, 1.82) is 0 Å². The highest BCUT2D eigenvalue weighted by Gasteiger charge is 2.24. The number of nitrogens with two attached hydrogens (primary N) is 2. The Morgan fingerprint density at radius 2 is 1.12 bits per heavy atom. The number of benzene rings is 2. The van der Waals surface area contributed by atoms with Crippen molar-refractivity contribution >= 4 is 70.0 Å². The molecule has 240 valence electrons. The number of sulfone groups is 2. The van der Waals surface area contributed by atoms with Crippen molar-refractivity contribution in [3.63, 3.8) is 0 Å². The topological polar surface area (TPSA) is 201 Å². The number of halogens is 1. The fourth-order valence-corrected chi connectivity index (χ4v) is 9.32. The lowest BCUT2D eigenvalue weighted by Crippen LogP contribution is -2.24. The van der Waals surface area contributed by atoms with Crippen LogP contribution in [0.3, 0.4) is 0 Å². The van der Waals surface area contributed by atoms with Gasteiger partial charge in [-0.15, -0.1) is 0 Å². The Labute approximate surface area is 263 Å². The van der Waals surface area contributed by atoms with Crippen LogP contribution in [-0.2, 0) is 54.1 Å². The summed E-state index contributed by atoms with van der Waals surface area (Å²) >= 11 is 5.49. The summed E-state index contributed by atoms with van der Waals surface area (Å²) in [5, 5.41) is -0.709. The maximum Gasteiger partial charge on any atom is 0.280 e. The molecule has 4 N–H and O–H groups in total. The van der Waals surface area contributed by atoms with Gasteiger partial charge in [-0.2, -0.15) is 4.99 Å². The minimum absolute atomic E-state index is 0.0783. The molecule has 0 saturated heterocycles. The molecule has 2 rings (SSSR count). The van der Waals surface area contributed by atoms with Gasteiger partial charge in [0.2, 0.25) is 0 Å². The fraction of sp³-hybridized carbons (Fsp3) is 0.444. The smallest absolute Gasteiger partial charge is 0.280 e. The van der Waals surface area contributed by atoms with Crippen LogP contribution in [0.2, 0.25) is 0 Å². The van der Waals surface area contributed by atoms with E-state index in [4.69, 9.17) is 23.1 Å². The quantitative estimate of drug-likeness (QED) is 0.189. The second-order valence-corrected chi connectivity index (χ2v) is 16.8. The third-order valence-corrected chi connectivity index (χ3v) is 11.8. The molecular formula is C27H38ClN3O8S4. The number of hydrogen-bond donors (Lipinski definition) is 2. The first-order chi connectivity index (χ1) is 19.8. The van der Waals surface area contributed by atoms with Crippen molar-refractivity contribution in [2.24, 2.45) is 16.5 Å². The molecule has 0 fully saturated rings. The SMILES string of the molecule is CCCS(=O)c1cc(CC)c(C(=O)Cl)cc1S(C)(=O)=O.CCCS(=O)c1cc(CC)c(C(=O)N=C(N)N)cc1S(C)(=O)=O. The number of guanidine groups is 1. The molecule has 2 aromatic rings. The van der Waals surface area contributed by atoms with E-state index < -0.39 is 58.4 Å². The van der Waals surface area contributed by atoms with Gasteiger partial charge in [0.05, 0.1) is 41.2 Å². The Morgan fingerprint density at radius 3 is 1.42 bits per heavy atom. The third-order valence-electron chi connectivity index (χ3n) is 5.84. The van der Waals surface area contributed by atoms with Crippen molar-refractivity contribution in [3.05, 3.63) is 46.5 Å². The van der Waals surface area contributed by atoms with E-state index in [1.54, 1.807) is 6.92 Å². The van der Waals surface area contributed by atoms with Crippen LogP contribution in [0.5, 0.6) is 0 Å². The van der Waals surface area contributed by atoms with Gasteiger partial charge in [-0.1, -0.05) is 27.7 Å². The molecule has 0 aliphatic carbocycles. The van der Waals surface area contributed by atoms with E-state index in [1.807, 2.05) is 20.8 Å². The van der Waals surface area contributed by atoms with Crippen LogP contribution in [0, 0.1) is 0 Å². The summed E-state index contributed by atoms with van der Waals surface area (Å²) in [4.78, 5) is 27.2. The van der Waals surface area contributed by atoms with Gasteiger partial charge in [0.25, 0.3) is 11.1 Å². The van der Waals surface area contributed by atoms with Gasteiger partial charge in [0.15, 0.2) is 25.6 Å². The highest BCUT2D eigenvalue weighted by molar-refractivity contribution is 7.92. The lowest BCUT2D eigenvalue weighted by atomic mass is 10.0. The molecule has 0 heterocycles. The normalized spacial score (nSPS) is 12.9. The van der Waals surface area contributed by atoms with E-state index in [0.717, 1.165) is 12.5 Å². The molecule has 11 nitrogen and oxygen atoms in total. The van der Waals surface area contributed by atoms with Gasteiger partial charge in [-0.05, 0) is 72.7 Å². The van der Waals surface area contributed by atoms with Crippen molar-refractivity contribution in [2.45, 2.75) is 73.0 Å². The first kappa shape index (κ1) is 38.6. The number of carbonyl (C=O) groups excluding carboxylic acids is 2. The van der Waals surface area contributed by atoms with Gasteiger partial charge in [-0.3, -0.25) is 18.0 Å². The van der Waals surface area contributed by atoms with Crippen LogP contribution in [0.15, 0.2) is 48.8 Å². The molecule has 2 aromatic carbocycles. The number of carbonyl (C=O) groups is 2. The highest BCUT2D eigenvalue weighted by Crippen LogP contribution is 2.27. The number of nitrogens with zero attached hydrogens (tertiary/aromatic N) is 1. The Morgan fingerprint density at radius 1 is 0.744 bits per heavy atom. The van der Waals surface area contributed by atoms with Crippen LogP contribution in [0.1, 0.15) is 72.4 Å². The van der Waals surface area contributed by atoms with Crippen LogP contribution in [0.25, 0.3) is 0 Å². The monoisotopic (exact) mass is 695 g/mol. The van der Waals surface area contributed by atoms with Crippen LogP contribution in [-0.4, -0.2) is 66.4 Å². The van der Waals surface area contributed by atoms with Gasteiger partial charge in [0.1, 0.15) is 0 Å². The molecule has 0 aliphatic heterocycles. The highest BCUT2D eigenvalue weighted by atomic mass is 35.5. The minimum Gasteiger partial charge on any atom is -0.370 e. The summed E-state index contributed by atoms with van der Waals surface area (Å²) in [5.41, 5.74) is 11.8. The lowest BCUT2D eigenvalue weighted by molar-refractivity contribution is 0.100. The van der Waals surface area contributed by atoms with Gasteiger partial charge < -0.3 is 11.5 Å². The first-order valence-electron chi connectivity index (χ1n) is 13.2. The van der Waals surface area contributed by atoms with Gasteiger partial charge in [-0.25, -0.2) is 16.8 Å². The predicted octanol–water partition coefficient (Wildman–Crippen LogP) is 3.13. The molecule has 0 aliphatic rings. The van der Waals surface area contributed by atoms with Gasteiger partial charge in [0, 0.05) is 35.1 Å². The lowest BCUT2D eigenvalue weighted by Gasteiger charge is -2.13. The van der Waals surface area contributed by atoms with E-state index in [1.165, 1.54) is 24.3 Å². The maximum atomic E-state index is 12.3. The standard InChI is InChI=1S/C14H21N3O4S2.C13H17ClO4S2/c1-4-6-22(19)11-7-9(5-2)10(13(18)17-14(15)16)8-12(11)23(3,20)21;1-4-6-19(16)11-7-9(5-2)10(13(14)15)8-12(11)20(3,17)18/h7-8H,4-6H2,1-3H3,(H4,15,16,17,18);7-8H,4-6H2,1-3H3. The summed E-state index contributed by atoms with van der Waals surface area (Å²) in [5.74, 6) is -0.414. The Balaban J connectivity index is 0.000000434. The minimum atomic E-state index is -3.66. The van der Waals surface area contributed by atoms with Crippen LogP contribution < -0.4 is 11.5 Å². The zero-order valence-electron chi connectivity index (χ0n) is 24.9. The van der Waals surface area contributed by atoms with Gasteiger partial charge >= 0.3 is 0 Å². The number of hydrogen-bond acceptors (Lipinski definition) is 8. The van der Waals surface area contributed by atoms with E-state index >= 15 is 0 Å². The zero-order chi connectivity index (χ0) is 33.3. The van der Waals surface area contributed by atoms with Crippen molar-refractivity contribution < 1.29 is 34.8 Å². The van der Waals surface area contributed by atoms with E-state index in [0.29, 0.717) is 48.3 Å². The van der Waals surface area contributed by atoms with Crippen molar-refractivity contribution in [2.75, 3.05) is 24.0 Å². The molecule has 0 radical (unpaired) electrons. The molecule has 0 spiro atoms. The largest absolute Gasteiger partial charge is 0.370 e. The maximum absolute atomic E-state index is 12.3. The van der Waals surface area contributed by atoms with E-state index in [9.17, 15) is 34.8 Å². The summed E-state index contributed by atoms with van der Waals surface area (Å²) in [6, 6.07) is 5.48.